The van der Waals surface area contributed by atoms with Crippen LogP contribution in [0.25, 0.3) is 0 Å². The Bertz CT molecular complexity index is 549. The number of nitrogens with one attached hydrogen (secondary N) is 1. The molecule has 0 atom stereocenters. The lowest BCUT2D eigenvalue weighted by molar-refractivity contribution is 0.0514. The summed E-state index contributed by atoms with van der Waals surface area (Å²) in [7, 11) is 1.78. The highest BCUT2D eigenvalue weighted by Gasteiger charge is 2.25. The van der Waals surface area contributed by atoms with Crippen molar-refractivity contribution in [3.63, 3.8) is 0 Å². The molecule has 1 N–H and O–H groups in total. The van der Waals surface area contributed by atoms with Crippen molar-refractivity contribution in [1.29, 1.82) is 0 Å². The highest BCUT2D eigenvalue weighted by Crippen LogP contribution is 2.22. The minimum Gasteiger partial charge on any atom is -0.461 e. The van der Waals surface area contributed by atoms with Crippen LogP contribution < -0.4 is 5.32 Å². The SMILES string of the molecule is CCOCCCNCC(=O)c1c(C)c(C(=O)OCC)n(C)c1C. The summed E-state index contributed by atoms with van der Waals surface area (Å²) in [5, 5.41) is 3.13. The third-order valence-corrected chi connectivity index (χ3v) is 3.81. The van der Waals surface area contributed by atoms with Crippen molar-refractivity contribution in [2.75, 3.05) is 32.9 Å². The van der Waals surface area contributed by atoms with E-state index in [1.54, 1.807) is 25.5 Å². The van der Waals surface area contributed by atoms with Gasteiger partial charge in [-0.3, -0.25) is 4.79 Å². The molecule has 23 heavy (non-hydrogen) atoms. The first-order valence-corrected chi connectivity index (χ1v) is 8.10. The molecule has 1 aromatic rings. The minimum absolute atomic E-state index is 0.0115. The zero-order valence-electron chi connectivity index (χ0n) is 14.8. The Hall–Kier alpha value is -1.66. The van der Waals surface area contributed by atoms with Crippen molar-refractivity contribution in [3.05, 3.63) is 22.5 Å². The normalized spacial score (nSPS) is 10.8. The highest BCUT2D eigenvalue weighted by molar-refractivity contribution is 6.03. The van der Waals surface area contributed by atoms with Gasteiger partial charge in [-0.05, 0) is 46.2 Å². The lowest BCUT2D eigenvalue weighted by atomic mass is 10.1. The van der Waals surface area contributed by atoms with Gasteiger partial charge in [-0.25, -0.2) is 4.79 Å². The summed E-state index contributed by atoms with van der Waals surface area (Å²) in [5.74, 6) is -0.401. The number of hydrogen-bond acceptors (Lipinski definition) is 5. The molecule has 0 radical (unpaired) electrons. The van der Waals surface area contributed by atoms with Gasteiger partial charge in [0.05, 0.1) is 13.2 Å². The molecule has 130 valence electrons. The van der Waals surface area contributed by atoms with Gasteiger partial charge in [0.15, 0.2) is 5.78 Å². The fraction of sp³-hybridized carbons (Fsp3) is 0.647. The molecule has 1 heterocycles. The Morgan fingerprint density at radius 1 is 1.17 bits per heavy atom. The summed E-state index contributed by atoms with van der Waals surface area (Å²) >= 11 is 0. The first-order valence-electron chi connectivity index (χ1n) is 8.10. The summed E-state index contributed by atoms with van der Waals surface area (Å²) in [4.78, 5) is 24.5. The molecule has 1 rings (SSSR count). The zero-order valence-corrected chi connectivity index (χ0v) is 14.8. The second-order valence-electron chi connectivity index (χ2n) is 5.36. The number of esters is 1. The van der Waals surface area contributed by atoms with Crippen LogP contribution in [0.5, 0.6) is 0 Å². The van der Waals surface area contributed by atoms with Gasteiger partial charge in [0, 0.05) is 31.5 Å². The second kappa shape index (κ2) is 9.47. The van der Waals surface area contributed by atoms with Gasteiger partial charge in [-0.1, -0.05) is 0 Å². The molecule has 0 fully saturated rings. The molecule has 6 heteroatoms. The van der Waals surface area contributed by atoms with E-state index in [1.807, 2.05) is 13.8 Å². The van der Waals surface area contributed by atoms with Crippen LogP contribution in [0.2, 0.25) is 0 Å². The van der Waals surface area contributed by atoms with Gasteiger partial charge < -0.3 is 19.4 Å². The van der Waals surface area contributed by atoms with Gasteiger partial charge in [0.25, 0.3) is 0 Å². The summed E-state index contributed by atoms with van der Waals surface area (Å²) in [5.41, 5.74) is 2.52. The maximum Gasteiger partial charge on any atom is 0.355 e. The van der Waals surface area contributed by atoms with Crippen LogP contribution >= 0.6 is 0 Å². The molecule has 0 spiro atoms. The van der Waals surface area contributed by atoms with E-state index < -0.39 is 0 Å². The van der Waals surface area contributed by atoms with E-state index >= 15 is 0 Å². The van der Waals surface area contributed by atoms with Crippen LogP contribution in [0.1, 0.15) is 52.4 Å². The summed E-state index contributed by atoms with van der Waals surface area (Å²) in [6.45, 7) is 10.0. The Morgan fingerprint density at radius 3 is 2.48 bits per heavy atom. The van der Waals surface area contributed by atoms with Crippen molar-refractivity contribution in [2.45, 2.75) is 34.1 Å². The molecule has 0 saturated heterocycles. The summed E-state index contributed by atoms with van der Waals surface area (Å²) in [6.07, 6.45) is 0.863. The molecule has 0 saturated carbocycles. The van der Waals surface area contributed by atoms with E-state index in [2.05, 4.69) is 5.32 Å². The number of nitrogens with zero attached hydrogens (tertiary/aromatic N) is 1. The predicted molar refractivity (Wildman–Crippen MR) is 89.2 cm³/mol. The summed E-state index contributed by atoms with van der Waals surface area (Å²) in [6, 6.07) is 0. The van der Waals surface area contributed by atoms with Crippen LogP contribution in [-0.4, -0.2) is 49.2 Å². The molecule has 0 aliphatic carbocycles. The molecule has 1 aromatic heterocycles. The smallest absolute Gasteiger partial charge is 0.355 e. The van der Waals surface area contributed by atoms with Crippen LogP contribution in [-0.2, 0) is 16.5 Å². The third kappa shape index (κ3) is 4.91. The number of carbonyl (C=O) groups is 2. The average Bonchev–Trinajstić information content (AvgIpc) is 2.73. The van der Waals surface area contributed by atoms with E-state index in [0.29, 0.717) is 36.6 Å². The van der Waals surface area contributed by atoms with Crippen LogP contribution in [0, 0.1) is 13.8 Å². The van der Waals surface area contributed by atoms with Gasteiger partial charge in [-0.15, -0.1) is 0 Å². The standard InChI is InChI=1S/C17H28N2O4/c1-6-22-10-8-9-18-11-14(20)15-12(3)16(17(21)23-7-2)19(5)13(15)4/h18H,6-11H2,1-5H3. The molecule has 0 aliphatic rings. The number of hydrogen-bond donors (Lipinski definition) is 1. The van der Waals surface area contributed by atoms with Crippen molar-refractivity contribution in [3.8, 4) is 0 Å². The van der Waals surface area contributed by atoms with Crippen LogP contribution in [0.15, 0.2) is 0 Å². The van der Waals surface area contributed by atoms with Crippen LogP contribution in [0.4, 0.5) is 0 Å². The van der Waals surface area contributed by atoms with Gasteiger partial charge in [0.2, 0.25) is 0 Å². The monoisotopic (exact) mass is 324 g/mol. The lowest BCUT2D eigenvalue weighted by Gasteiger charge is -2.05. The Labute approximate surface area is 138 Å². The van der Waals surface area contributed by atoms with Crippen molar-refractivity contribution < 1.29 is 19.1 Å². The molecule has 0 aromatic carbocycles. The van der Waals surface area contributed by atoms with Gasteiger partial charge in [-0.2, -0.15) is 0 Å². The number of aromatic nitrogens is 1. The number of carbonyl (C=O) groups excluding carboxylic acids is 2. The zero-order chi connectivity index (χ0) is 17.4. The fourth-order valence-electron chi connectivity index (χ4n) is 2.61. The van der Waals surface area contributed by atoms with E-state index in [0.717, 1.165) is 18.7 Å². The number of rotatable bonds is 10. The number of ketones is 1. The number of ether oxygens (including phenoxy) is 2. The maximum atomic E-state index is 12.5. The number of Topliss-reactive ketones (excluding diaryl/α,β-unsaturated/α-hetero) is 1. The summed E-state index contributed by atoms with van der Waals surface area (Å²) < 4.78 is 12.1. The van der Waals surface area contributed by atoms with Crippen molar-refractivity contribution in [2.24, 2.45) is 7.05 Å². The quantitative estimate of drug-likeness (QED) is 0.405. The molecule has 0 unspecified atom stereocenters. The largest absolute Gasteiger partial charge is 0.461 e. The molecule has 0 aliphatic heterocycles. The molecule has 6 nitrogen and oxygen atoms in total. The van der Waals surface area contributed by atoms with Crippen molar-refractivity contribution >= 4 is 11.8 Å². The first kappa shape index (κ1) is 19.4. The van der Waals surface area contributed by atoms with Gasteiger partial charge >= 0.3 is 5.97 Å². The molecular formula is C17H28N2O4. The Balaban J connectivity index is 2.74. The second-order valence-corrected chi connectivity index (χ2v) is 5.36. The van der Waals surface area contributed by atoms with E-state index in [-0.39, 0.29) is 18.3 Å². The highest BCUT2D eigenvalue weighted by atomic mass is 16.5. The lowest BCUT2D eigenvalue weighted by Crippen LogP contribution is -2.25. The molecule has 0 amide bonds. The van der Waals surface area contributed by atoms with E-state index in [1.165, 1.54) is 0 Å². The minimum atomic E-state index is -0.390. The fourth-order valence-corrected chi connectivity index (χ4v) is 2.61. The van der Waals surface area contributed by atoms with E-state index in [4.69, 9.17) is 9.47 Å². The topological polar surface area (TPSA) is 69.6 Å². The van der Waals surface area contributed by atoms with Crippen LogP contribution in [0.3, 0.4) is 0 Å². The maximum absolute atomic E-state index is 12.5. The first-order chi connectivity index (χ1) is 11.0. The van der Waals surface area contributed by atoms with Gasteiger partial charge in [0.1, 0.15) is 5.69 Å². The molecular weight excluding hydrogens is 296 g/mol. The van der Waals surface area contributed by atoms with E-state index in [9.17, 15) is 9.59 Å². The Kier molecular flexibility index (Phi) is 7.98. The molecule has 0 bridgehead atoms. The predicted octanol–water partition coefficient (Wildman–Crippen LogP) is 2.02. The van der Waals surface area contributed by atoms with Crippen molar-refractivity contribution in [1.82, 2.24) is 9.88 Å². The Morgan fingerprint density at radius 2 is 1.87 bits per heavy atom. The average molecular weight is 324 g/mol. The third-order valence-electron chi connectivity index (χ3n) is 3.81.